The lowest BCUT2D eigenvalue weighted by Gasteiger charge is -2.31. The summed E-state index contributed by atoms with van der Waals surface area (Å²) in [5, 5.41) is 4.78. The summed E-state index contributed by atoms with van der Waals surface area (Å²) in [7, 11) is 0. The molecule has 3 nitrogen and oxygen atoms in total. The van der Waals surface area contributed by atoms with Crippen molar-refractivity contribution in [1.82, 2.24) is 14.7 Å². The van der Waals surface area contributed by atoms with Crippen LogP contribution < -0.4 is 5.32 Å². The number of nitrogens with zero attached hydrogens (tertiary/aromatic N) is 2. The van der Waals surface area contributed by atoms with Gasteiger partial charge in [0.2, 0.25) is 0 Å². The third kappa shape index (κ3) is 4.72. The molecule has 0 saturated heterocycles. The van der Waals surface area contributed by atoms with E-state index in [0.29, 0.717) is 6.04 Å². The van der Waals surface area contributed by atoms with Crippen LogP contribution in [0.15, 0.2) is 0 Å². The van der Waals surface area contributed by atoms with Crippen LogP contribution in [-0.4, -0.2) is 21.9 Å². The summed E-state index contributed by atoms with van der Waals surface area (Å²) < 4.78 is 4.35. The van der Waals surface area contributed by atoms with Crippen molar-refractivity contribution < 1.29 is 0 Å². The normalized spacial score (nSPS) is 13.9. The highest BCUT2D eigenvalue weighted by Gasteiger charge is 2.25. The zero-order valence-electron chi connectivity index (χ0n) is 11.7. The van der Waals surface area contributed by atoms with Gasteiger partial charge < -0.3 is 5.32 Å². The molecule has 0 aliphatic carbocycles. The van der Waals surface area contributed by atoms with Gasteiger partial charge in [-0.15, -0.1) is 0 Å². The lowest BCUT2D eigenvalue weighted by atomic mass is 9.85. The highest BCUT2D eigenvalue weighted by Crippen LogP contribution is 2.23. The molecule has 1 N–H and O–H groups in total. The maximum absolute atomic E-state index is 4.56. The molecular formula is C13H25N3S. The van der Waals surface area contributed by atoms with Gasteiger partial charge in [-0.1, -0.05) is 34.6 Å². The minimum atomic E-state index is 0.257. The molecule has 0 spiro atoms. The first-order valence-corrected chi connectivity index (χ1v) is 7.29. The lowest BCUT2D eigenvalue weighted by Crippen LogP contribution is -2.42. The maximum atomic E-state index is 4.56. The third-order valence-corrected chi connectivity index (χ3v) is 3.66. The first-order chi connectivity index (χ1) is 7.97. The highest BCUT2D eigenvalue weighted by atomic mass is 32.1. The van der Waals surface area contributed by atoms with Crippen LogP contribution in [0.25, 0.3) is 0 Å². The predicted molar refractivity (Wildman–Crippen MR) is 74.5 cm³/mol. The minimum Gasteiger partial charge on any atom is -0.313 e. The molecule has 0 aliphatic heterocycles. The van der Waals surface area contributed by atoms with Crippen LogP contribution >= 0.6 is 11.5 Å². The molecule has 1 aromatic rings. The average molecular weight is 255 g/mol. The van der Waals surface area contributed by atoms with E-state index in [4.69, 9.17) is 0 Å². The summed E-state index contributed by atoms with van der Waals surface area (Å²) in [6, 6.07) is 0.472. The van der Waals surface area contributed by atoms with Crippen LogP contribution in [0.1, 0.15) is 51.9 Å². The minimum absolute atomic E-state index is 0.257. The van der Waals surface area contributed by atoms with Crippen LogP contribution in [0.2, 0.25) is 0 Å². The lowest BCUT2D eigenvalue weighted by molar-refractivity contribution is 0.266. The van der Waals surface area contributed by atoms with E-state index in [1.165, 1.54) is 6.42 Å². The second kappa shape index (κ2) is 6.45. The molecule has 17 heavy (non-hydrogen) atoms. The van der Waals surface area contributed by atoms with Crippen molar-refractivity contribution in [1.29, 1.82) is 0 Å². The van der Waals surface area contributed by atoms with Gasteiger partial charge in [-0.25, -0.2) is 4.98 Å². The molecule has 1 rings (SSSR count). The highest BCUT2D eigenvalue weighted by molar-refractivity contribution is 7.05. The Morgan fingerprint density at radius 1 is 1.29 bits per heavy atom. The quantitative estimate of drug-likeness (QED) is 0.849. The van der Waals surface area contributed by atoms with Crippen LogP contribution in [0.4, 0.5) is 0 Å². The Bertz CT molecular complexity index is 328. The summed E-state index contributed by atoms with van der Waals surface area (Å²) in [6.07, 6.45) is 3.09. The summed E-state index contributed by atoms with van der Waals surface area (Å²) in [4.78, 5) is 4.56. The van der Waals surface area contributed by atoms with E-state index in [0.717, 1.165) is 30.2 Å². The average Bonchev–Trinajstić information content (AvgIpc) is 2.70. The van der Waals surface area contributed by atoms with E-state index in [1.54, 1.807) is 11.5 Å². The topological polar surface area (TPSA) is 37.8 Å². The van der Waals surface area contributed by atoms with Gasteiger partial charge in [0.05, 0.1) is 0 Å². The number of nitrogens with one attached hydrogen (secondary N) is 1. The van der Waals surface area contributed by atoms with Crippen LogP contribution in [0.3, 0.4) is 0 Å². The van der Waals surface area contributed by atoms with Gasteiger partial charge in [0.1, 0.15) is 10.8 Å². The molecule has 1 unspecified atom stereocenters. The van der Waals surface area contributed by atoms with Gasteiger partial charge >= 0.3 is 0 Å². The van der Waals surface area contributed by atoms with E-state index in [1.807, 2.05) is 0 Å². The van der Waals surface area contributed by atoms with Gasteiger partial charge in [-0.2, -0.15) is 4.37 Å². The van der Waals surface area contributed by atoms with Gasteiger partial charge in [-0.3, -0.25) is 0 Å². The number of rotatable bonds is 6. The van der Waals surface area contributed by atoms with Crippen molar-refractivity contribution in [2.75, 3.05) is 6.54 Å². The second-order valence-corrected chi connectivity index (χ2v) is 6.37. The largest absolute Gasteiger partial charge is 0.313 e. The van der Waals surface area contributed by atoms with Crippen molar-refractivity contribution >= 4 is 11.5 Å². The van der Waals surface area contributed by atoms with Crippen LogP contribution in [0.5, 0.6) is 0 Å². The molecule has 1 heterocycles. The Kier molecular flexibility index (Phi) is 5.53. The molecule has 0 aliphatic rings. The summed E-state index contributed by atoms with van der Waals surface area (Å²) >= 11 is 1.55. The molecule has 0 aromatic carbocycles. The molecule has 0 saturated carbocycles. The SMILES string of the molecule is CCCNC(Cc1nc(CC)ns1)C(C)(C)C. The van der Waals surface area contributed by atoms with E-state index in [-0.39, 0.29) is 5.41 Å². The number of hydrogen-bond acceptors (Lipinski definition) is 4. The first kappa shape index (κ1) is 14.6. The monoisotopic (exact) mass is 255 g/mol. The second-order valence-electron chi connectivity index (χ2n) is 5.53. The zero-order valence-corrected chi connectivity index (χ0v) is 12.5. The molecule has 98 valence electrons. The van der Waals surface area contributed by atoms with Crippen molar-refractivity contribution in [3.8, 4) is 0 Å². The van der Waals surface area contributed by atoms with Crippen molar-refractivity contribution in [2.45, 2.75) is 59.9 Å². The van der Waals surface area contributed by atoms with Gasteiger partial charge in [-0.05, 0) is 29.9 Å². The molecule has 0 bridgehead atoms. The van der Waals surface area contributed by atoms with E-state index >= 15 is 0 Å². The zero-order chi connectivity index (χ0) is 12.9. The fraction of sp³-hybridized carbons (Fsp3) is 0.846. The molecule has 1 aromatic heterocycles. The summed E-state index contributed by atoms with van der Waals surface area (Å²) in [6.45, 7) is 12.2. The predicted octanol–water partition coefficient (Wildman–Crippen LogP) is 3.06. The summed E-state index contributed by atoms with van der Waals surface area (Å²) in [5.74, 6) is 0.980. The molecule has 4 heteroatoms. The Hall–Kier alpha value is -0.480. The molecule has 1 atom stereocenters. The number of aromatic nitrogens is 2. The van der Waals surface area contributed by atoms with E-state index in [9.17, 15) is 0 Å². The third-order valence-electron chi connectivity index (χ3n) is 2.89. The Morgan fingerprint density at radius 2 is 2.00 bits per heavy atom. The first-order valence-electron chi connectivity index (χ1n) is 6.52. The number of hydrogen-bond donors (Lipinski definition) is 1. The molecule has 0 radical (unpaired) electrons. The Labute approximate surface area is 109 Å². The number of aryl methyl sites for hydroxylation is 1. The fourth-order valence-electron chi connectivity index (χ4n) is 1.69. The molecular weight excluding hydrogens is 230 g/mol. The van der Waals surface area contributed by atoms with E-state index in [2.05, 4.69) is 49.3 Å². The van der Waals surface area contributed by atoms with Crippen LogP contribution in [-0.2, 0) is 12.8 Å². The Balaban J connectivity index is 2.65. The smallest absolute Gasteiger partial charge is 0.142 e. The standard InChI is InChI=1S/C13H25N3S/c1-6-8-14-10(13(3,4)5)9-12-15-11(7-2)16-17-12/h10,14H,6-9H2,1-5H3. The maximum Gasteiger partial charge on any atom is 0.142 e. The van der Waals surface area contributed by atoms with Crippen molar-refractivity contribution in [2.24, 2.45) is 5.41 Å². The Morgan fingerprint density at radius 3 is 2.47 bits per heavy atom. The molecule has 0 fully saturated rings. The van der Waals surface area contributed by atoms with Crippen molar-refractivity contribution in [3.05, 3.63) is 10.8 Å². The molecule has 0 amide bonds. The van der Waals surface area contributed by atoms with Gasteiger partial charge in [0.15, 0.2) is 0 Å². The summed E-state index contributed by atoms with van der Waals surface area (Å²) in [5.41, 5.74) is 0.257. The van der Waals surface area contributed by atoms with E-state index < -0.39 is 0 Å². The fourth-order valence-corrected chi connectivity index (χ4v) is 2.46. The van der Waals surface area contributed by atoms with Gasteiger partial charge in [0.25, 0.3) is 0 Å². The van der Waals surface area contributed by atoms with Gasteiger partial charge in [0, 0.05) is 18.9 Å². The van der Waals surface area contributed by atoms with Crippen molar-refractivity contribution in [3.63, 3.8) is 0 Å². The van der Waals surface area contributed by atoms with Crippen LogP contribution in [0, 0.1) is 5.41 Å².